The number of rotatable bonds is 13. The molecule has 10 nitrogen and oxygen atoms in total. The fourth-order valence-electron chi connectivity index (χ4n) is 3.13. The molecule has 0 radical (unpaired) electrons. The highest BCUT2D eigenvalue weighted by Crippen LogP contribution is 2.34. The van der Waals surface area contributed by atoms with Gasteiger partial charge in [-0.25, -0.2) is 4.98 Å². The molecule has 38 heavy (non-hydrogen) atoms. The van der Waals surface area contributed by atoms with E-state index in [0.717, 1.165) is 5.56 Å². The molecule has 2 heterocycles. The highest BCUT2D eigenvalue weighted by atomic mass is 32.2. The molecule has 3 amide bonds. The quantitative estimate of drug-likeness (QED) is 0.147. The maximum absolute atomic E-state index is 13.0. The van der Waals surface area contributed by atoms with E-state index in [2.05, 4.69) is 36.0 Å². The number of carbonyl (C=O) groups is 3. The van der Waals surface area contributed by atoms with E-state index in [-0.39, 0.29) is 29.7 Å². The average molecular weight is 545 g/mol. The average Bonchev–Trinajstić information content (AvgIpc) is 2.89. The van der Waals surface area contributed by atoms with Gasteiger partial charge in [-0.05, 0) is 54.1 Å². The maximum Gasteiger partial charge on any atom is 0.387 e. The Morgan fingerprint density at radius 3 is 2.42 bits per heavy atom. The summed E-state index contributed by atoms with van der Waals surface area (Å²) in [5.41, 5.74) is 1.37. The molecule has 0 aliphatic carbocycles. The minimum atomic E-state index is -2.95. The van der Waals surface area contributed by atoms with Crippen molar-refractivity contribution in [1.82, 2.24) is 25.9 Å². The first-order valence-corrected chi connectivity index (χ1v) is 12.3. The van der Waals surface area contributed by atoms with Crippen molar-refractivity contribution in [2.24, 2.45) is 0 Å². The second kappa shape index (κ2) is 14.6. The van der Waals surface area contributed by atoms with Crippen LogP contribution in [-0.4, -0.2) is 53.9 Å². The molecular weight excluding hydrogens is 518 g/mol. The van der Waals surface area contributed by atoms with Crippen molar-refractivity contribution in [3.05, 3.63) is 78.2 Å². The molecule has 200 valence electrons. The number of ether oxygens (including phenoxy) is 1. The van der Waals surface area contributed by atoms with Crippen molar-refractivity contribution in [3.63, 3.8) is 0 Å². The molecule has 0 fully saturated rings. The van der Waals surface area contributed by atoms with Crippen LogP contribution in [0, 0.1) is 0 Å². The molecule has 0 aliphatic rings. The Labute approximate surface area is 222 Å². The SMILES string of the molecule is CC(=O)NCCNCC(=O)NC(Sc1ncccc1C(=O)Nc1ccc(OC(F)F)cc1)c1ccncc1. The van der Waals surface area contributed by atoms with Gasteiger partial charge in [-0.2, -0.15) is 8.78 Å². The Bertz CT molecular complexity index is 1220. The Morgan fingerprint density at radius 2 is 1.74 bits per heavy atom. The Kier molecular flexibility index (Phi) is 10.9. The minimum absolute atomic E-state index is 0.0164. The highest BCUT2D eigenvalue weighted by molar-refractivity contribution is 7.99. The van der Waals surface area contributed by atoms with Gasteiger partial charge in [0.15, 0.2) is 0 Å². The number of anilines is 1. The molecular formula is C25H26F2N6O4S. The van der Waals surface area contributed by atoms with E-state index in [9.17, 15) is 23.2 Å². The van der Waals surface area contributed by atoms with Crippen molar-refractivity contribution in [2.45, 2.75) is 23.9 Å². The molecule has 0 aliphatic heterocycles. The van der Waals surface area contributed by atoms with Crippen LogP contribution in [0.1, 0.15) is 28.2 Å². The number of nitrogens with one attached hydrogen (secondary N) is 4. The molecule has 0 saturated carbocycles. The first-order valence-electron chi connectivity index (χ1n) is 11.4. The number of aromatic nitrogens is 2. The fraction of sp³-hybridized carbons (Fsp3) is 0.240. The van der Waals surface area contributed by atoms with Crippen molar-refractivity contribution >= 4 is 35.2 Å². The van der Waals surface area contributed by atoms with Gasteiger partial charge in [-0.3, -0.25) is 19.4 Å². The summed E-state index contributed by atoms with van der Waals surface area (Å²) in [5, 5.41) is 11.0. The molecule has 0 spiro atoms. The van der Waals surface area contributed by atoms with E-state index in [1.54, 1.807) is 36.7 Å². The number of benzene rings is 1. The lowest BCUT2D eigenvalue weighted by atomic mass is 10.2. The topological polar surface area (TPSA) is 134 Å². The van der Waals surface area contributed by atoms with Crippen LogP contribution in [0.5, 0.6) is 5.75 Å². The number of nitrogens with zero attached hydrogens (tertiary/aromatic N) is 2. The molecule has 1 unspecified atom stereocenters. The standard InChI is InChI=1S/C25H26F2N6O4S/c1-16(34)30-14-13-29-15-21(35)33-23(17-8-11-28-12-9-17)38-24-20(3-2-10-31-24)22(36)32-18-4-6-19(7-5-18)37-25(26)27/h2-12,23,25,29H,13-15H2,1H3,(H,30,34)(H,32,36)(H,33,35). The maximum atomic E-state index is 13.0. The van der Waals surface area contributed by atoms with Gasteiger partial charge in [0, 0.05) is 44.3 Å². The fourth-order valence-corrected chi connectivity index (χ4v) is 4.25. The Morgan fingerprint density at radius 1 is 1.00 bits per heavy atom. The normalized spacial score (nSPS) is 11.5. The lowest BCUT2D eigenvalue weighted by Crippen LogP contribution is -2.38. The lowest BCUT2D eigenvalue weighted by molar-refractivity contribution is -0.120. The minimum Gasteiger partial charge on any atom is -0.435 e. The molecule has 3 aromatic rings. The Hall–Kier alpha value is -4.10. The van der Waals surface area contributed by atoms with Gasteiger partial charge in [-0.1, -0.05) is 11.8 Å². The summed E-state index contributed by atoms with van der Waals surface area (Å²) in [4.78, 5) is 45.0. The zero-order chi connectivity index (χ0) is 27.3. The zero-order valence-electron chi connectivity index (χ0n) is 20.3. The van der Waals surface area contributed by atoms with Crippen molar-refractivity contribution in [3.8, 4) is 5.75 Å². The van der Waals surface area contributed by atoms with E-state index in [1.165, 1.54) is 49.1 Å². The van der Waals surface area contributed by atoms with Crippen molar-refractivity contribution in [2.75, 3.05) is 25.0 Å². The first kappa shape index (κ1) is 28.5. The molecule has 1 atom stereocenters. The van der Waals surface area contributed by atoms with Gasteiger partial charge >= 0.3 is 6.61 Å². The van der Waals surface area contributed by atoms with Crippen LogP contribution in [0.4, 0.5) is 14.5 Å². The van der Waals surface area contributed by atoms with E-state index in [4.69, 9.17) is 0 Å². The number of pyridine rings is 2. The second-order valence-corrected chi connectivity index (χ2v) is 8.81. The third-order valence-electron chi connectivity index (χ3n) is 4.84. The summed E-state index contributed by atoms with van der Waals surface area (Å²) >= 11 is 1.17. The molecule has 13 heteroatoms. The molecule has 1 aromatic carbocycles. The van der Waals surface area contributed by atoms with E-state index >= 15 is 0 Å². The van der Waals surface area contributed by atoms with Gasteiger partial charge in [0.1, 0.15) is 16.1 Å². The number of amides is 3. The van der Waals surface area contributed by atoms with Gasteiger partial charge in [0.25, 0.3) is 5.91 Å². The summed E-state index contributed by atoms with van der Waals surface area (Å²) in [6, 6.07) is 12.2. The van der Waals surface area contributed by atoms with Crippen LogP contribution in [0.3, 0.4) is 0 Å². The number of hydrogen-bond donors (Lipinski definition) is 4. The number of halogens is 2. The van der Waals surface area contributed by atoms with E-state index < -0.39 is 17.9 Å². The van der Waals surface area contributed by atoms with Crippen molar-refractivity contribution in [1.29, 1.82) is 0 Å². The van der Waals surface area contributed by atoms with Crippen molar-refractivity contribution < 1.29 is 27.9 Å². The first-order chi connectivity index (χ1) is 18.3. The lowest BCUT2D eigenvalue weighted by Gasteiger charge is -2.20. The number of hydrogen-bond acceptors (Lipinski definition) is 8. The van der Waals surface area contributed by atoms with E-state index in [1.807, 2.05) is 0 Å². The monoisotopic (exact) mass is 544 g/mol. The predicted octanol–water partition coefficient (Wildman–Crippen LogP) is 2.96. The summed E-state index contributed by atoms with van der Waals surface area (Å²) in [7, 11) is 0. The Balaban J connectivity index is 1.69. The van der Waals surface area contributed by atoms with Gasteiger partial charge in [0.05, 0.1) is 12.1 Å². The van der Waals surface area contributed by atoms with E-state index in [0.29, 0.717) is 23.8 Å². The third-order valence-corrected chi connectivity index (χ3v) is 6.02. The molecule has 2 aromatic heterocycles. The molecule has 4 N–H and O–H groups in total. The third kappa shape index (κ3) is 9.41. The smallest absolute Gasteiger partial charge is 0.387 e. The van der Waals surface area contributed by atoms with Gasteiger partial charge in [-0.15, -0.1) is 0 Å². The molecule has 3 rings (SSSR count). The second-order valence-electron chi connectivity index (χ2n) is 7.72. The largest absolute Gasteiger partial charge is 0.435 e. The van der Waals surface area contributed by atoms with Crippen LogP contribution in [0.15, 0.2) is 72.1 Å². The van der Waals surface area contributed by atoms with Crippen LogP contribution in [0.25, 0.3) is 0 Å². The number of thioether (sulfide) groups is 1. The molecule has 0 saturated heterocycles. The zero-order valence-corrected chi connectivity index (χ0v) is 21.1. The van der Waals surface area contributed by atoms with Gasteiger partial charge in [0.2, 0.25) is 11.8 Å². The number of alkyl halides is 2. The summed E-state index contributed by atoms with van der Waals surface area (Å²) in [6.07, 6.45) is 4.72. The summed E-state index contributed by atoms with van der Waals surface area (Å²) in [6.45, 7) is -0.711. The predicted molar refractivity (Wildman–Crippen MR) is 138 cm³/mol. The number of carbonyl (C=O) groups excluding carboxylic acids is 3. The molecule has 0 bridgehead atoms. The van der Waals surface area contributed by atoms with Crippen LogP contribution in [0.2, 0.25) is 0 Å². The van der Waals surface area contributed by atoms with Gasteiger partial charge < -0.3 is 26.0 Å². The van der Waals surface area contributed by atoms with Crippen LogP contribution in [-0.2, 0) is 9.59 Å². The van der Waals surface area contributed by atoms with Crippen LogP contribution >= 0.6 is 11.8 Å². The summed E-state index contributed by atoms with van der Waals surface area (Å²) < 4.78 is 29.1. The highest BCUT2D eigenvalue weighted by Gasteiger charge is 2.21. The van der Waals surface area contributed by atoms with Crippen LogP contribution < -0.4 is 26.0 Å². The summed E-state index contributed by atoms with van der Waals surface area (Å²) in [5.74, 6) is -0.952.